The maximum absolute atomic E-state index is 5.19. The monoisotopic (exact) mass is 273 g/mol. The van der Waals surface area contributed by atoms with Crippen molar-refractivity contribution in [3.8, 4) is 5.75 Å². The van der Waals surface area contributed by atoms with Crippen LogP contribution in [-0.4, -0.2) is 19.7 Å². The third-order valence-corrected chi connectivity index (χ3v) is 5.47. The number of hydrogen-bond acceptors (Lipinski definition) is 2. The molecule has 20 heavy (non-hydrogen) atoms. The Morgan fingerprint density at radius 1 is 1.20 bits per heavy atom. The first-order valence-electron chi connectivity index (χ1n) is 8.12. The number of fused-ring (bicyclic) bond motifs is 2. The predicted octanol–water partition coefficient (Wildman–Crippen LogP) is 3.65. The molecular weight excluding hydrogens is 246 g/mol. The summed E-state index contributed by atoms with van der Waals surface area (Å²) in [4.78, 5) is 0. The molecule has 2 fully saturated rings. The van der Waals surface area contributed by atoms with E-state index in [2.05, 4.69) is 36.5 Å². The maximum atomic E-state index is 5.19. The summed E-state index contributed by atoms with van der Waals surface area (Å²) in [5.41, 5.74) is 1.39. The van der Waals surface area contributed by atoms with Crippen molar-refractivity contribution < 1.29 is 4.74 Å². The number of benzene rings is 1. The van der Waals surface area contributed by atoms with E-state index in [4.69, 9.17) is 4.74 Å². The predicted molar refractivity (Wildman–Crippen MR) is 83.1 cm³/mol. The Kier molecular flexibility index (Phi) is 4.30. The largest absolute Gasteiger partial charge is 0.497 e. The highest BCUT2D eigenvalue weighted by Crippen LogP contribution is 2.49. The van der Waals surface area contributed by atoms with Gasteiger partial charge in [0.1, 0.15) is 5.75 Å². The first kappa shape index (κ1) is 13.9. The molecule has 0 aliphatic heterocycles. The Morgan fingerprint density at radius 2 is 2.00 bits per heavy atom. The van der Waals surface area contributed by atoms with Crippen molar-refractivity contribution in [2.45, 2.75) is 45.1 Å². The average Bonchev–Trinajstić information content (AvgIpc) is 3.10. The van der Waals surface area contributed by atoms with Crippen molar-refractivity contribution >= 4 is 0 Å². The van der Waals surface area contributed by atoms with Gasteiger partial charge in [-0.1, -0.05) is 18.6 Å². The van der Waals surface area contributed by atoms with E-state index in [1.807, 2.05) is 0 Å². The molecule has 0 heterocycles. The van der Waals surface area contributed by atoms with Crippen molar-refractivity contribution in [1.29, 1.82) is 0 Å². The van der Waals surface area contributed by atoms with Crippen molar-refractivity contribution in [1.82, 2.24) is 5.32 Å². The Balaban J connectivity index is 1.42. The second-order valence-corrected chi connectivity index (χ2v) is 6.68. The second-order valence-electron chi connectivity index (χ2n) is 6.68. The lowest BCUT2D eigenvalue weighted by atomic mass is 9.84. The molecule has 2 bridgehead atoms. The van der Waals surface area contributed by atoms with Crippen LogP contribution in [0.2, 0.25) is 0 Å². The minimum Gasteiger partial charge on any atom is -0.497 e. The molecule has 2 saturated carbocycles. The lowest BCUT2D eigenvalue weighted by Crippen LogP contribution is -2.37. The van der Waals surface area contributed by atoms with Gasteiger partial charge in [0, 0.05) is 6.04 Å². The molecule has 4 atom stereocenters. The number of hydrogen-bond donors (Lipinski definition) is 1. The zero-order valence-corrected chi connectivity index (χ0v) is 12.8. The minimum absolute atomic E-state index is 0.684. The van der Waals surface area contributed by atoms with Crippen molar-refractivity contribution in [3.63, 3.8) is 0 Å². The number of methoxy groups -OCH3 is 1. The van der Waals surface area contributed by atoms with E-state index in [9.17, 15) is 0 Å². The van der Waals surface area contributed by atoms with Crippen LogP contribution in [0.25, 0.3) is 0 Å². The fraction of sp³-hybridized carbons (Fsp3) is 0.667. The van der Waals surface area contributed by atoms with Crippen LogP contribution in [0.5, 0.6) is 5.75 Å². The van der Waals surface area contributed by atoms with Gasteiger partial charge in [-0.2, -0.15) is 0 Å². The van der Waals surface area contributed by atoms with E-state index in [1.54, 1.807) is 7.11 Å². The maximum Gasteiger partial charge on any atom is 0.118 e. The van der Waals surface area contributed by atoms with Crippen LogP contribution < -0.4 is 10.1 Å². The Hall–Kier alpha value is -1.02. The van der Waals surface area contributed by atoms with Crippen LogP contribution in [0.3, 0.4) is 0 Å². The Labute approximate surface area is 122 Å². The molecule has 0 aromatic heterocycles. The molecule has 2 aliphatic rings. The van der Waals surface area contributed by atoms with Gasteiger partial charge in [-0.15, -0.1) is 0 Å². The molecule has 0 amide bonds. The van der Waals surface area contributed by atoms with Crippen LogP contribution >= 0.6 is 0 Å². The molecule has 2 aliphatic carbocycles. The first-order chi connectivity index (χ1) is 9.76. The lowest BCUT2D eigenvalue weighted by Gasteiger charge is -2.28. The van der Waals surface area contributed by atoms with Gasteiger partial charge in [-0.05, 0) is 74.6 Å². The van der Waals surface area contributed by atoms with E-state index >= 15 is 0 Å². The number of nitrogens with one attached hydrogen (secondary N) is 1. The van der Waals surface area contributed by atoms with E-state index in [1.165, 1.54) is 31.2 Å². The average molecular weight is 273 g/mol. The van der Waals surface area contributed by atoms with E-state index in [0.717, 1.165) is 36.5 Å². The molecule has 3 rings (SSSR count). The molecule has 110 valence electrons. The highest BCUT2D eigenvalue weighted by Gasteiger charge is 2.41. The summed E-state index contributed by atoms with van der Waals surface area (Å²) in [6, 6.07) is 9.12. The third kappa shape index (κ3) is 3.01. The molecule has 0 saturated heterocycles. The van der Waals surface area contributed by atoms with Gasteiger partial charge in [0.2, 0.25) is 0 Å². The summed E-state index contributed by atoms with van der Waals surface area (Å²) in [5, 5.41) is 3.76. The first-order valence-corrected chi connectivity index (χ1v) is 8.12. The Bertz CT molecular complexity index is 428. The normalized spacial score (nSPS) is 29.6. The van der Waals surface area contributed by atoms with Gasteiger partial charge in [-0.25, -0.2) is 0 Å². The number of rotatable bonds is 6. The van der Waals surface area contributed by atoms with Crippen molar-refractivity contribution in [2.24, 2.45) is 17.8 Å². The minimum atomic E-state index is 0.684. The van der Waals surface area contributed by atoms with Gasteiger partial charge in [-0.3, -0.25) is 0 Å². The van der Waals surface area contributed by atoms with Gasteiger partial charge in [0.15, 0.2) is 0 Å². The fourth-order valence-electron chi connectivity index (χ4n) is 4.29. The van der Waals surface area contributed by atoms with E-state index in [0.29, 0.717) is 6.04 Å². The van der Waals surface area contributed by atoms with E-state index in [-0.39, 0.29) is 0 Å². The SMILES string of the molecule is COc1ccc(CCNC(C)C2CC3CCC2C3)cc1. The highest BCUT2D eigenvalue weighted by atomic mass is 16.5. The topological polar surface area (TPSA) is 21.3 Å². The summed E-state index contributed by atoms with van der Waals surface area (Å²) >= 11 is 0. The van der Waals surface area contributed by atoms with Gasteiger partial charge < -0.3 is 10.1 Å². The van der Waals surface area contributed by atoms with Gasteiger partial charge >= 0.3 is 0 Å². The summed E-state index contributed by atoms with van der Waals surface area (Å²) in [5.74, 6) is 3.95. The summed E-state index contributed by atoms with van der Waals surface area (Å²) in [6.45, 7) is 3.47. The number of ether oxygens (including phenoxy) is 1. The summed E-state index contributed by atoms with van der Waals surface area (Å²) < 4.78 is 5.19. The third-order valence-electron chi connectivity index (χ3n) is 5.47. The molecule has 1 N–H and O–H groups in total. The van der Waals surface area contributed by atoms with Gasteiger partial charge in [0.25, 0.3) is 0 Å². The molecular formula is C18H27NO. The van der Waals surface area contributed by atoms with Crippen LogP contribution in [0, 0.1) is 17.8 Å². The smallest absolute Gasteiger partial charge is 0.118 e. The standard InChI is InChI=1S/C18H27NO/c1-13(18-12-15-3-6-16(18)11-15)19-10-9-14-4-7-17(20-2)8-5-14/h4-5,7-8,13,15-16,18-19H,3,6,9-12H2,1-2H3. The fourth-order valence-corrected chi connectivity index (χ4v) is 4.29. The molecule has 1 aromatic rings. The molecule has 1 aromatic carbocycles. The van der Waals surface area contributed by atoms with E-state index < -0.39 is 0 Å². The van der Waals surface area contributed by atoms with Gasteiger partial charge in [0.05, 0.1) is 7.11 Å². The highest BCUT2D eigenvalue weighted by molar-refractivity contribution is 5.27. The lowest BCUT2D eigenvalue weighted by molar-refractivity contribution is 0.261. The summed E-state index contributed by atoms with van der Waals surface area (Å²) in [6.07, 6.45) is 7.07. The molecule has 0 spiro atoms. The summed E-state index contributed by atoms with van der Waals surface area (Å²) in [7, 11) is 1.72. The zero-order valence-electron chi connectivity index (χ0n) is 12.8. The second kappa shape index (κ2) is 6.17. The molecule has 2 nitrogen and oxygen atoms in total. The molecule has 4 unspecified atom stereocenters. The molecule has 2 heteroatoms. The molecule has 0 radical (unpaired) electrons. The van der Waals surface area contributed by atoms with Crippen LogP contribution in [0.15, 0.2) is 24.3 Å². The van der Waals surface area contributed by atoms with Crippen LogP contribution in [-0.2, 0) is 6.42 Å². The quantitative estimate of drug-likeness (QED) is 0.854. The van der Waals surface area contributed by atoms with Crippen LogP contribution in [0.1, 0.15) is 38.2 Å². The Morgan fingerprint density at radius 3 is 2.60 bits per heavy atom. The van der Waals surface area contributed by atoms with Crippen LogP contribution in [0.4, 0.5) is 0 Å². The zero-order chi connectivity index (χ0) is 13.9. The van der Waals surface area contributed by atoms with Crippen molar-refractivity contribution in [2.75, 3.05) is 13.7 Å². The van der Waals surface area contributed by atoms with Crippen molar-refractivity contribution in [3.05, 3.63) is 29.8 Å².